The molecule has 3 N–H and O–H groups in total. The van der Waals surface area contributed by atoms with E-state index >= 15 is 0 Å². The lowest BCUT2D eigenvalue weighted by Crippen LogP contribution is -2.31. The molecule has 0 bridgehead atoms. The molecular formula is C7H11NO2. The van der Waals surface area contributed by atoms with Gasteiger partial charge in [-0.05, 0) is 30.6 Å². The highest BCUT2D eigenvalue weighted by Crippen LogP contribution is 2.77. The van der Waals surface area contributed by atoms with Gasteiger partial charge < -0.3 is 10.8 Å². The Balaban J connectivity index is 1.84. The fourth-order valence-electron chi connectivity index (χ4n) is 1.66. The second-order valence-electron chi connectivity index (χ2n) is 3.62. The Hall–Kier alpha value is -0.570. The van der Waals surface area contributed by atoms with Crippen molar-refractivity contribution in [1.82, 2.24) is 0 Å². The summed E-state index contributed by atoms with van der Waals surface area (Å²) in [5, 5.41) is 8.47. The van der Waals surface area contributed by atoms with Crippen molar-refractivity contribution in [3.8, 4) is 0 Å². The van der Waals surface area contributed by atoms with Crippen LogP contribution in [0.25, 0.3) is 0 Å². The highest BCUT2D eigenvalue weighted by Gasteiger charge is 2.69. The van der Waals surface area contributed by atoms with Crippen molar-refractivity contribution in [3.63, 3.8) is 0 Å². The van der Waals surface area contributed by atoms with E-state index in [0.717, 1.165) is 5.92 Å². The molecule has 0 aromatic rings. The van der Waals surface area contributed by atoms with E-state index in [1.807, 2.05) is 0 Å². The summed E-state index contributed by atoms with van der Waals surface area (Å²) in [5.41, 5.74) is 5.78. The van der Waals surface area contributed by atoms with E-state index in [2.05, 4.69) is 0 Å². The van der Waals surface area contributed by atoms with Crippen molar-refractivity contribution < 1.29 is 9.90 Å². The highest BCUT2D eigenvalue weighted by atomic mass is 16.4. The predicted octanol–water partition coefficient (Wildman–Crippen LogP) is 0.198. The van der Waals surface area contributed by atoms with Gasteiger partial charge in [-0.2, -0.15) is 0 Å². The lowest BCUT2D eigenvalue weighted by atomic mass is 10.1. The first-order chi connectivity index (χ1) is 4.64. The average Bonchev–Trinajstić information content (AvgIpc) is 2.53. The summed E-state index contributed by atoms with van der Waals surface area (Å²) in [6.45, 7) is 0. The molecule has 2 fully saturated rings. The Morgan fingerprint density at radius 2 is 2.30 bits per heavy atom. The minimum Gasteiger partial charge on any atom is -0.480 e. The van der Waals surface area contributed by atoms with E-state index in [9.17, 15) is 4.79 Å². The van der Waals surface area contributed by atoms with Crippen LogP contribution in [0.15, 0.2) is 0 Å². The lowest BCUT2D eigenvalue weighted by molar-refractivity contribution is -0.138. The van der Waals surface area contributed by atoms with Crippen LogP contribution in [-0.2, 0) is 4.79 Å². The molecule has 1 unspecified atom stereocenters. The topological polar surface area (TPSA) is 63.3 Å². The smallest absolute Gasteiger partial charge is 0.320 e. The van der Waals surface area contributed by atoms with Crippen molar-refractivity contribution in [1.29, 1.82) is 0 Å². The van der Waals surface area contributed by atoms with Crippen LogP contribution in [0, 0.1) is 11.3 Å². The number of rotatable bonds is 3. The van der Waals surface area contributed by atoms with Gasteiger partial charge in [-0.1, -0.05) is 0 Å². The zero-order valence-electron chi connectivity index (χ0n) is 5.71. The number of fused-ring (bicyclic) bond motifs is 1. The van der Waals surface area contributed by atoms with Gasteiger partial charge in [-0.25, -0.2) is 0 Å². The molecule has 1 atom stereocenters. The van der Waals surface area contributed by atoms with Gasteiger partial charge in [0.15, 0.2) is 0 Å². The normalized spacial score (nSPS) is 43.9. The number of hydrogen-bond acceptors (Lipinski definition) is 2. The molecule has 0 aliphatic heterocycles. The molecule has 0 saturated heterocycles. The minimum atomic E-state index is -0.855. The zero-order chi connectivity index (χ0) is 7.35. The fraction of sp³-hybridized carbons (Fsp3) is 0.857. The molecule has 2 aliphatic carbocycles. The maximum atomic E-state index is 10.3. The summed E-state index contributed by atoms with van der Waals surface area (Å²) in [6, 6.07) is -0.618. The van der Waals surface area contributed by atoms with E-state index < -0.39 is 12.0 Å². The Labute approximate surface area is 59.2 Å². The van der Waals surface area contributed by atoms with Gasteiger partial charge in [0.2, 0.25) is 0 Å². The van der Waals surface area contributed by atoms with Crippen LogP contribution in [0.1, 0.15) is 19.3 Å². The standard InChI is InChI=1S/C7H11NO2/c8-5(6(9)10)3-7-1-4(7)2-7/h4-5H,1-3,8H2,(H,9,10). The van der Waals surface area contributed by atoms with E-state index in [-0.39, 0.29) is 0 Å². The Morgan fingerprint density at radius 1 is 1.80 bits per heavy atom. The highest BCUT2D eigenvalue weighted by molar-refractivity contribution is 5.73. The second kappa shape index (κ2) is 1.53. The van der Waals surface area contributed by atoms with Gasteiger partial charge >= 0.3 is 5.97 Å². The largest absolute Gasteiger partial charge is 0.480 e. The van der Waals surface area contributed by atoms with E-state index in [1.165, 1.54) is 12.8 Å². The molecule has 3 nitrogen and oxygen atoms in total. The van der Waals surface area contributed by atoms with Crippen molar-refractivity contribution in [2.75, 3.05) is 0 Å². The molecule has 0 amide bonds. The molecule has 10 heavy (non-hydrogen) atoms. The molecule has 0 aromatic carbocycles. The first-order valence-corrected chi connectivity index (χ1v) is 3.62. The molecule has 0 heterocycles. The van der Waals surface area contributed by atoms with Gasteiger partial charge in [-0.15, -0.1) is 0 Å². The van der Waals surface area contributed by atoms with Crippen molar-refractivity contribution in [2.24, 2.45) is 17.1 Å². The average molecular weight is 141 g/mol. The van der Waals surface area contributed by atoms with Crippen molar-refractivity contribution in [2.45, 2.75) is 25.3 Å². The van der Waals surface area contributed by atoms with Crippen LogP contribution < -0.4 is 5.73 Å². The second-order valence-corrected chi connectivity index (χ2v) is 3.62. The number of carboxylic acid groups (broad SMARTS) is 1. The molecule has 3 heteroatoms. The van der Waals surface area contributed by atoms with E-state index in [1.54, 1.807) is 0 Å². The maximum absolute atomic E-state index is 10.3. The molecule has 0 radical (unpaired) electrons. The van der Waals surface area contributed by atoms with Gasteiger partial charge in [0.1, 0.15) is 6.04 Å². The van der Waals surface area contributed by atoms with E-state index in [4.69, 9.17) is 10.8 Å². The van der Waals surface area contributed by atoms with Crippen LogP contribution in [0.3, 0.4) is 0 Å². The number of carboxylic acids is 1. The van der Waals surface area contributed by atoms with Gasteiger partial charge in [0.25, 0.3) is 0 Å². The summed E-state index contributed by atoms with van der Waals surface area (Å²) >= 11 is 0. The van der Waals surface area contributed by atoms with Crippen LogP contribution in [-0.4, -0.2) is 17.1 Å². The van der Waals surface area contributed by atoms with Gasteiger partial charge in [0, 0.05) is 0 Å². The van der Waals surface area contributed by atoms with Gasteiger partial charge in [0.05, 0.1) is 0 Å². The Bertz CT molecular complexity index is 184. The van der Waals surface area contributed by atoms with Gasteiger partial charge in [-0.3, -0.25) is 4.79 Å². The van der Waals surface area contributed by atoms with Crippen LogP contribution in [0.2, 0.25) is 0 Å². The summed E-state index contributed by atoms with van der Waals surface area (Å²) in [6.07, 6.45) is 3.16. The fourth-order valence-corrected chi connectivity index (χ4v) is 1.66. The summed E-state index contributed by atoms with van der Waals surface area (Å²) < 4.78 is 0. The molecule has 2 aliphatic rings. The third-order valence-electron chi connectivity index (χ3n) is 2.80. The summed E-state index contributed by atoms with van der Waals surface area (Å²) in [4.78, 5) is 10.3. The monoisotopic (exact) mass is 141 g/mol. The summed E-state index contributed by atoms with van der Waals surface area (Å²) in [5.74, 6) is -0.00942. The molecule has 56 valence electrons. The quantitative estimate of drug-likeness (QED) is 0.590. The first-order valence-electron chi connectivity index (χ1n) is 3.62. The van der Waals surface area contributed by atoms with Crippen LogP contribution in [0.4, 0.5) is 0 Å². The third kappa shape index (κ3) is 0.736. The number of aliphatic carboxylic acids is 1. The SMILES string of the molecule is NC(CC12CC1C2)C(=O)O. The van der Waals surface area contributed by atoms with Crippen LogP contribution >= 0.6 is 0 Å². The molecule has 0 aromatic heterocycles. The molecular weight excluding hydrogens is 130 g/mol. The number of nitrogens with two attached hydrogens (primary N) is 1. The molecule has 2 saturated carbocycles. The first kappa shape index (κ1) is 6.16. The molecule has 0 spiro atoms. The lowest BCUT2D eigenvalue weighted by Gasteiger charge is -2.06. The number of hydrogen-bond donors (Lipinski definition) is 2. The predicted molar refractivity (Wildman–Crippen MR) is 35.4 cm³/mol. The summed E-state index contributed by atoms with van der Waals surface area (Å²) in [7, 11) is 0. The minimum absolute atomic E-state index is 0.414. The Morgan fingerprint density at radius 3 is 2.60 bits per heavy atom. The third-order valence-corrected chi connectivity index (χ3v) is 2.80. The maximum Gasteiger partial charge on any atom is 0.320 e. The van der Waals surface area contributed by atoms with E-state index in [0.29, 0.717) is 11.8 Å². The van der Waals surface area contributed by atoms with Crippen molar-refractivity contribution in [3.05, 3.63) is 0 Å². The molecule has 2 rings (SSSR count). The number of carbonyl (C=O) groups is 1. The van der Waals surface area contributed by atoms with Crippen LogP contribution in [0.5, 0.6) is 0 Å². The zero-order valence-corrected chi connectivity index (χ0v) is 5.71. The Kier molecular flexibility index (Phi) is 0.944. The van der Waals surface area contributed by atoms with Crippen molar-refractivity contribution >= 4 is 5.97 Å².